The summed E-state index contributed by atoms with van der Waals surface area (Å²) in [6, 6.07) is 11.1. The van der Waals surface area contributed by atoms with Crippen molar-refractivity contribution in [2.24, 2.45) is 0 Å². The molecule has 1 aromatic rings. The zero-order valence-corrected chi connectivity index (χ0v) is 16.1. The van der Waals surface area contributed by atoms with E-state index in [9.17, 15) is 9.90 Å². The van der Waals surface area contributed by atoms with Gasteiger partial charge in [0.1, 0.15) is 0 Å². The molecule has 4 heteroatoms. The number of carbonyl (C=O) groups excluding carboxylic acids is 1. The van der Waals surface area contributed by atoms with Crippen LogP contribution in [0.2, 0.25) is 0 Å². The molecule has 0 aliphatic carbocycles. The van der Waals surface area contributed by atoms with E-state index in [-0.39, 0.29) is 31.0 Å². The van der Waals surface area contributed by atoms with Gasteiger partial charge in [0, 0.05) is 20.1 Å². The van der Waals surface area contributed by atoms with E-state index >= 15 is 0 Å². The van der Waals surface area contributed by atoms with Gasteiger partial charge in [-0.15, -0.1) is 0 Å². The second-order valence-electron chi connectivity index (χ2n) is 5.99. The average molecular weight is 311 g/mol. The normalized spacial score (nSPS) is 24.5. The molecule has 1 heterocycles. The van der Waals surface area contributed by atoms with E-state index in [4.69, 9.17) is 0 Å². The Morgan fingerprint density at radius 3 is 2.23 bits per heavy atom. The molecule has 0 N–H and O–H groups in total. The first kappa shape index (κ1) is 19.4. The van der Waals surface area contributed by atoms with E-state index in [0.29, 0.717) is 24.1 Å². The number of carbonyl (C=O) groups is 1. The Morgan fingerprint density at radius 1 is 1.23 bits per heavy atom. The quantitative estimate of drug-likeness (QED) is 0.570. The number of nitrogens with zero attached hydrogens (tertiary/aromatic N) is 1. The van der Waals surface area contributed by atoms with Crippen LogP contribution in [-0.4, -0.2) is 23.0 Å². The van der Waals surface area contributed by atoms with Gasteiger partial charge in [-0.05, 0) is 44.2 Å². The summed E-state index contributed by atoms with van der Waals surface area (Å²) in [4.78, 5) is 13.7. The van der Waals surface area contributed by atoms with Crippen molar-refractivity contribution in [2.75, 3.05) is 0 Å². The predicted molar refractivity (Wildman–Crippen MR) is 84.6 cm³/mol. The van der Waals surface area contributed by atoms with Crippen molar-refractivity contribution >= 4 is 5.97 Å². The number of piperidine rings is 1. The van der Waals surface area contributed by atoms with Gasteiger partial charge in [0.15, 0.2) is 0 Å². The molecule has 22 heavy (non-hydrogen) atoms. The first-order chi connectivity index (χ1) is 10.0. The SMILES string of the molecule is CCC(C(=O)[O-])=C1C[C@@H](C)N(Cc2ccccc2)[C@@H](C)C1.[HH].[Na+]. The van der Waals surface area contributed by atoms with Crippen molar-refractivity contribution in [2.45, 2.75) is 58.7 Å². The molecule has 3 nitrogen and oxygen atoms in total. The Bertz CT molecular complexity index is 519. The Balaban J connectivity index is 0.00000242. The molecule has 2 rings (SSSR count). The third-order valence-corrected chi connectivity index (χ3v) is 4.45. The monoisotopic (exact) mass is 311 g/mol. The van der Waals surface area contributed by atoms with Gasteiger partial charge in [-0.25, -0.2) is 0 Å². The molecular weight excluding hydrogens is 285 g/mol. The zero-order chi connectivity index (χ0) is 15.4. The van der Waals surface area contributed by atoms with E-state index in [1.807, 2.05) is 13.0 Å². The van der Waals surface area contributed by atoms with Gasteiger partial charge in [-0.3, -0.25) is 4.90 Å². The summed E-state index contributed by atoms with van der Waals surface area (Å²) in [6.07, 6.45) is 2.21. The Hall–Kier alpha value is -0.610. The Kier molecular flexibility index (Phi) is 7.84. The van der Waals surface area contributed by atoms with Gasteiger partial charge >= 0.3 is 29.6 Å². The Morgan fingerprint density at radius 2 is 1.77 bits per heavy atom. The largest absolute Gasteiger partial charge is 1.00 e. The van der Waals surface area contributed by atoms with Gasteiger partial charge in [0.2, 0.25) is 0 Å². The van der Waals surface area contributed by atoms with Gasteiger partial charge < -0.3 is 9.90 Å². The second-order valence-corrected chi connectivity index (χ2v) is 5.99. The standard InChI is InChI=1S/C18H25NO2.Na.H2/c1-4-17(18(20)21)16-10-13(2)19(14(3)11-16)12-15-8-6-5-7-9-15;;/h5-9,13-14H,4,10-12H2,1-3H3,(H,20,21);;1H/q;+1;/p-1/t13-,14+;;. The topological polar surface area (TPSA) is 43.4 Å². The van der Waals surface area contributed by atoms with Crippen LogP contribution in [0.4, 0.5) is 0 Å². The minimum absolute atomic E-state index is 0. The maximum atomic E-state index is 11.2. The second kappa shape index (κ2) is 8.88. The van der Waals surface area contributed by atoms with Crippen LogP contribution in [0.15, 0.2) is 41.5 Å². The van der Waals surface area contributed by atoms with Crippen molar-refractivity contribution in [1.29, 1.82) is 0 Å². The molecule has 116 valence electrons. The molecule has 2 atom stereocenters. The van der Waals surface area contributed by atoms with Crippen LogP contribution in [0.5, 0.6) is 0 Å². The number of benzene rings is 1. The van der Waals surface area contributed by atoms with E-state index in [2.05, 4.69) is 43.0 Å². The van der Waals surface area contributed by atoms with Crippen molar-refractivity contribution in [3.8, 4) is 0 Å². The van der Waals surface area contributed by atoms with E-state index in [1.54, 1.807) is 0 Å². The molecule has 0 spiro atoms. The summed E-state index contributed by atoms with van der Waals surface area (Å²) in [6.45, 7) is 7.18. The van der Waals surface area contributed by atoms with Crippen LogP contribution in [0.25, 0.3) is 0 Å². The maximum Gasteiger partial charge on any atom is 1.00 e. The van der Waals surface area contributed by atoms with E-state index in [1.165, 1.54) is 5.56 Å². The van der Waals surface area contributed by atoms with Crippen LogP contribution < -0.4 is 34.7 Å². The molecule has 1 fully saturated rings. The van der Waals surface area contributed by atoms with Gasteiger partial charge in [0.05, 0.1) is 5.97 Å². The summed E-state index contributed by atoms with van der Waals surface area (Å²) in [5.74, 6) is -0.997. The van der Waals surface area contributed by atoms with Crippen molar-refractivity contribution in [3.63, 3.8) is 0 Å². The van der Waals surface area contributed by atoms with Crippen molar-refractivity contribution in [1.82, 2.24) is 4.90 Å². The van der Waals surface area contributed by atoms with Gasteiger partial charge in [-0.2, -0.15) is 0 Å². The van der Waals surface area contributed by atoms with Crippen LogP contribution >= 0.6 is 0 Å². The number of carboxylic acids is 1. The number of hydrogen-bond acceptors (Lipinski definition) is 3. The molecule has 1 aliphatic rings. The summed E-state index contributed by atoms with van der Waals surface area (Å²) in [7, 11) is 0. The van der Waals surface area contributed by atoms with Crippen LogP contribution in [0.1, 0.15) is 47.0 Å². The van der Waals surface area contributed by atoms with E-state index < -0.39 is 5.97 Å². The number of rotatable bonds is 4. The van der Waals surface area contributed by atoms with Crippen LogP contribution in [0, 0.1) is 0 Å². The third-order valence-electron chi connectivity index (χ3n) is 4.45. The smallest absolute Gasteiger partial charge is 0.545 e. The first-order valence-electron chi connectivity index (χ1n) is 7.74. The van der Waals surface area contributed by atoms with Gasteiger partial charge in [-0.1, -0.05) is 42.8 Å². The molecular formula is C18H26NNaO2. The number of likely N-dealkylation sites (tertiary alicyclic amines) is 1. The molecule has 0 saturated carbocycles. The molecule has 0 unspecified atom stereocenters. The van der Waals surface area contributed by atoms with E-state index in [0.717, 1.165) is 25.0 Å². The summed E-state index contributed by atoms with van der Waals surface area (Å²) in [5.41, 5.74) is 2.88. The molecule has 0 bridgehead atoms. The number of hydrogen-bond donors (Lipinski definition) is 0. The molecule has 0 aromatic heterocycles. The molecule has 0 amide bonds. The van der Waals surface area contributed by atoms with Crippen molar-refractivity contribution in [3.05, 3.63) is 47.0 Å². The third kappa shape index (κ3) is 4.69. The minimum Gasteiger partial charge on any atom is -0.545 e. The predicted octanol–water partition coefficient (Wildman–Crippen LogP) is -0.234. The molecule has 1 saturated heterocycles. The fourth-order valence-corrected chi connectivity index (χ4v) is 3.36. The Labute approximate surface area is 157 Å². The fourth-order valence-electron chi connectivity index (χ4n) is 3.36. The number of aliphatic carboxylic acids is 1. The number of carboxylic acid groups (broad SMARTS) is 1. The minimum atomic E-state index is -0.997. The molecule has 1 aromatic carbocycles. The van der Waals surface area contributed by atoms with Gasteiger partial charge in [0.25, 0.3) is 0 Å². The van der Waals surface area contributed by atoms with Crippen molar-refractivity contribution < 1.29 is 40.9 Å². The summed E-state index contributed by atoms with van der Waals surface area (Å²) < 4.78 is 0. The molecule has 0 radical (unpaired) electrons. The zero-order valence-electron chi connectivity index (χ0n) is 14.1. The van der Waals surface area contributed by atoms with Crippen LogP contribution in [-0.2, 0) is 11.3 Å². The summed E-state index contributed by atoms with van der Waals surface area (Å²) >= 11 is 0. The first-order valence-corrected chi connectivity index (χ1v) is 7.74. The fraction of sp³-hybridized carbons (Fsp3) is 0.500. The summed E-state index contributed by atoms with van der Waals surface area (Å²) in [5, 5.41) is 11.2. The molecule has 1 aliphatic heterocycles. The van der Waals surface area contributed by atoms with Crippen LogP contribution in [0.3, 0.4) is 0 Å². The average Bonchev–Trinajstić information content (AvgIpc) is 2.44. The maximum absolute atomic E-state index is 11.2.